The van der Waals surface area contributed by atoms with Crippen molar-refractivity contribution in [3.8, 4) is 10.4 Å². The van der Waals surface area contributed by atoms with Gasteiger partial charge in [0.1, 0.15) is 5.82 Å². The molecule has 1 aromatic carbocycles. The molecule has 0 unspecified atom stereocenters. The first kappa shape index (κ1) is 24.4. The smallest absolute Gasteiger partial charge is 0.320 e. The van der Waals surface area contributed by atoms with E-state index in [1.807, 2.05) is 39.4 Å². The summed E-state index contributed by atoms with van der Waals surface area (Å²) in [7, 11) is 0. The van der Waals surface area contributed by atoms with Crippen molar-refractivity contribution in [2.75, 3.05) is 45.1 Å². The van der Waals surface area contributed by atoms with E-state index in [2.05, 4.69) is 16.0 Å². The molecule has 5 rings (SSSR count). The molecule has 4 heterocycles. The minimum atomic E-state index is -0.0495. The van der Waals surface area contributed by atoms with Crippen molar-refractivity contribution in [2.24, 2.45) is 5.92 Å². The third-order valence-electron chi connectivity index (χ3n) is 6.96. The standard InChI is InChI=1S/C27H31N5O3S/c28-23-4-3-20(25-2-1-13-36-25)15-21(23)16-24(33)22-17-29-26(30-18-22)14-19-5-7-31(8-6-19)27(34)32-9-11-35-12-10-32/h1-4,13,15,17-19H,5-12,14,16,28H2. The molecule has 8 nitrogen and oxygen atoms in total. The molecule has 2 amide bonds. The quantitative estimate of drug-likeness (QED) is 0.403. The number of nitrogen functional groups attached to an aromatic ring is 1. The summed E-state index contributed by atoms with van der Waals surface area (Å²) < 4.78 is 5.34. The van der Waals surface area contributed by atoms with Crippen LogP contribution >= 0.6 is 11.3 Å². The molecule has 2 saturated heterocycles. The number of urea groups is 1. The number of ether oxygens (including phenoxy) is 1. The second-order valence-electron chi connectivity index (χ2n) is 9.40. The zero-order chi connectivity index (χ0) is 24.9. The minimum Gasteiger partial charge on any atom is -0.398 e. The van der Waals surface area contributed by atoms with Gasteiger partial charge >= 0.3 is 6.03 Å². The predicted octanol–water partition coefficient (Wildman–Crippen LogP) is 3.92. The summed E-state index contributed by atoms with van der Waals surface area (Å²) in [5, 5.41) is 2.03. The van der Waals surface area contributed by atoms with E-state index in [9.17, 15) is 9.59 Å². The van der Waals surface area contributed by atoms with Gasteiger partial charge in [0.15, 0.2) is 5.78 Å². The van der Waals surface area contributed by atoms with Crippen LogP contribution in [0.15, 0.2) is 48.1 Å². The molecule has 0 saturated carbocycles. The Labute approximate surface area is 215 Å². The van der Waals surface area contributed by atoms with Gasteiger partial charge in [-0.3, -0.25) is 4.79 Å². The highest BCUT2D eigenvalue weighted by Crippen LogP contribution is 2.28. The van der Waals surface area contributed by atoms with E-state index in [0.717, 1.165) is 54.2 Å². The number of carbonyl (C=O) groups is 2. The van der Waals surface area contributed by atoms with Crippen LogP contribution in [-0.4, -0.2) is 71.0 Å². The van der Waals surface area contributed by atoms with Crippen molar-refractivity contribution in [3.05, 3.63) is 65.1 Å². The highest BCUT2D eigenvalue weighted by atomic mass is 32.1. The number of rotatable bonds is 6. The van der Waals surface area contributed by atoms with Crippen LogP contribution < -0.4 is 5.73 Å². The maximum absolute atomic E-state index is 12.9. The minimum absolute atomic E-state index is 0.0495. The Balaban J connectivity index is 1.14. The Morgan fingerprint density at radius 2 is 1.75 bits per heavy atom. The largest absolute Gasteiger partial charge is 0.398 e. The van der Waals surface area contributed by atoms with Crippen molar-refractivity contribution in [3.63, 3.8) is 0 Å². The van der Waals surface area contributed by atoms with Gasteiger partial charge in [-0.25, -0.2) is 14.8 Å². The Bertz CT molecular complexity index is 1180. The number of morpholine rings is 1. The highest BCUT2D eigenvalue weighted by Gasteiger charge is 2.27. The normalized spacial score (nSPS) is 16.8. The summed E-state index contributed by atoms with van der Waals surface area (Å²) in [5.41, 5.74) is 9.13. The van der Waals surface area contributed by atoms with Crippen molar-refractivity contribution < 1.29 is 14.3 Å². The fraction of sp³-hybridized carbons (Fsp3) is 0.407. The molecule has 0 radical (unpaired) electrons. The van der Waals surface area contributed by atoms with Crippen LogP contribution in [0.3, 0.4) is 0 Å². The van der Waals surface area contributed by atoms with Crippen LogP contribution in [0.4, 0.5) is 10.5 Å². The maximum atomic E-state index is 12.9. The van der Waals surface area contributed by atoms with Crippen LogP contribution in [0.25, 0.3) is 10.4 Å². The fourth-order valence-electron chi connectivity index (χ4n) is 4.78. The molecule has 3 aromatic rings. The molecule has 2 fully saturated rings. The van der Waals surface area contributed by atoms with E-state index < -0.39 is 0 Å². The van der Waals surface area contributed by atoms with E-state index in [4.69, 9.17) is 10.5 Å². The SMILES string of the molecule is Nc1ccc(-c2cccs2)cc1CC(=O)c1cnc(CC2CCN(C(=O)N3CCOCC3)CC2)nc1. The number of aromatic nitrogens is 2. The number of nitrogens with two attached hydrogens (primary N) is 1. The number of Topliss-reactive ketones (excluding diaryl/α,β-unsaturated/α-hetero) is 1. The first-order valence-corrected chi connectivity index (χ1v) is 13.3. The third-order valence-corrected chi connectivity index (χ3v) is 7.88. The predicted molar refractivity (Wildman–Crippen MR) is 140 cm³/mol. The molecule has 2 aromatic heterocycles. The van der Waals surface area contributed by atoms with Crippen LogP contribution in [-0.2, 0) is 17.6 Å². The van der Waals surface area contributed by atoms with Crippen molar-refractivity contribution >= 4 is 28.8 Å². The maximum Gasteiger partial charge on any atom is 0.320 e. The summed E-state index contributed by atoms with van der Waals surface area (Å²) in [4.78, 5) is 39.5. The van der Waals surface area contributed by atoms with Crippen LogP contribution in [0.5, 0.6) is 0 Å². The second kappa shape index (κ2) is 11.2. The van der Waals surface area contributed by atoms with Gasteiger partial charge in [-0.15, -0.1) is 11.3 Å². The number of ketones is 1. The Hall–Kier alpha value is -3.30. The number of hydrogen-bond acceptors (Lipinski definition) is 7. The van der Waals surface area contributed by atoms with Crippen molar-refractivity contribution in [1.29, 1.82) is 0 Å². The van der Waals surface area contributed by atoms with Gasteiger partial charge in [0.2, 0.25) is 0 Å². The molecule has 2 N–H and O–H groups in total. The molecule has 36 heavy (non-hydrogen) atoms. The molecule has 0 aliphatic carbocycles. The van der Waals surface area contributed by atoms with E-state index in [-0.39, 0.29) is 18.2 Å². The van der Waals surface area contributed by atoms with E-state index >= 15 is 0 Å². The van der Waals surface area contributed by atoms with Crippen LogP contribution in [0.1, 0.15) is 34.6 Å². The summed E-state index contributed by atoms with van der Waals surface area (Å²) in [6, 6.07) is 10.0. The fourth-order valence-corrected chi connectivity index (χ4v) is 5.50. The lowest BCUT2D eigenvalue weighted by molar-refractivity contribution is 0.0400. The van der Waals surface area contributed by atoms with Gasteiger partial charge in [0.05, 0.1) is 18.8 Å². The Morgan fingerprint density at radius 3 is 2.44 bits per heavy atom. The van der Waals surface area contributed by atoms with Gasteiger partial charge in [0.25, 0.3) is 0 Å². The molecule has 9 heteroatoms. The van der Waals surface area contributed by atoms with E-state index in [1.165, 1.54) is 0 Å². The highest BCUT2D eigenvalue weighted by molar-refractivity contribution is 7.13. The molecule has 0 atom stereocenters. The number of likely N-dealkylation sites (tertiary alicyclic amines) is 1. The molecule has 0 spiro atoms. The molecule has 2 aliphatic rings. The lowest BCUT2D eigenvalue weighted by atomic mass is 9.93. The number of benzene rings is 1. The van der Waals surface area contributed by atoms with Crippen molar-refractivity contribution in [2.45, 2.75) is 25.7 Å². The molecule has 188 valence electrons. The van der Waals surface area contributed by atoms with Gasteiger partial charge in [-0.1, -0.05) is 12.1 Å². The second-order valence-corrected chi connectivity index (χ2v) is 10.3. The Morgan fingerprint density at radius 1 is 1.03 bits per heavy atom. The number of amides is 2. The number of piperidine rings is 1. The number of nitrogens with zero attached hydrogens (tertiary/aromatic N) is 4. The van der Waals surface area contributed by atoms with E-state index in [0.29, 0.717) is 43.5 Å². The lowest BCUT2D eigenvalue weighted by Crippen LogP contribution is -2.50. The van der Waals surface area contributed by atoms with Crippen LogP contribution in [0, 0.1) is 5.92 Å². The summed E-state index contributed by atoms with van der Waals surface area (Å²) in [6.07, 6.45) is 6.08. The average molecular weight is 506 g/mol. The summed E-state index contributed by atoms with van der Waals surface area (Å²) in [5.74, 6) is 1.12. The first-order chi connectivity index (χ1) is 17.6. The zero-order valence-corrected chi connectivity index (χ0v) is 21.1. The van der Waals surface area contributed by atoms with Gasteiger partial charge < -0.3 is 20.3 Å². The molecular formula is C27H31N5O3S. The number of carbonyl (C=O) groups excluding carboxylic acids is 2. The molecule has 0 bridgehead atoms. The first-order valence-electron chi connectivity index (χ1n) is 12.4. The van der Waals surface area contributed by atoms with Gasteiger partial charge in [0, 0.05) is 62.0 Å². The average Bonchev–Trinajstić information content (AvgIpc) is 3.46. The van der Waals surface area contributed by atoms with Crippen LogP contribution in [0.2, 0.25) is 0 Å². The molecular weight excluding hydrogens is 474 g/mol. The zero-order valence-electron chi connectivity index (χ0n) is 20.3. The monoisotopic (exact) mass is 505 g/mol. The summed E-state index contributed by atoms with van der Waals surface area (Å²) in [6.45, 7) is 4.08. The topological polar surface area (TPSA) is 102 Å². The van der Waals surface area contributed by atoms with Gasteiger partial charge in [-0.05, 0) is 53.5 Å². The lowest BCUT2D eigenvalue weighted by Gasteiger charge is -2.37. The molecule has 2 aliphatic heterocycles. The van der Waals surface area contributed by atoms with E-state index in [1.54, 1.807) is 23.7 Å². The van der Waals surface area contributed by atoms with Gasteiger partial charge in [-0.2, -0.15) is 0 Å². The summed E-state index contributed by atoms with van der Waals surface area (Å²) >= 11 is 1.66. The van der Waals surface area contributed by atoms with Crippen molar-refractivity contribution in [1.82, 2.24) is 19.8 Å². The number of hydrogen-bond donors (Lipinski definition) is 1. The number of anilines is 1. The third kappa shape index (κ3) is 5.74. The number of thiophene rings is 1. The Kier molecular flexibility index (Phi) is 7.58.